The highest BCUT2D eigenvalue weighted by Crippen LogP contribution is 2.27. The van der Waals surface area contributed by atoms with Crippen molar-refractivity contribution in [1.82, 2.24) is 0 Å². The average molecular weight is 214 g/mol. The van der Waals surface area contributed by atoms with E-state index in [4.69, 9.17) is 4.74 Å². The lowest BCUT2D eigenvalue weighted by molar-refractivity contribution is 0.124. The summed E-state index contributed by atoms with van der Waals surface area (Å²) in [4.78, 5) is 0. The van der Waals surface area contributed by atoms with Gasteiger partial charge in [-0.1, -0.05) is 18.6 Å². The van der Waals surface area contributed by atoms with Crippen molar-refractivity contribution in [2.75, 3.05) is 12.4 Å². The lowest BCUT2D eigenvalue weighted by atomic mass is 10.0. The van der Waals surface area contributed by atoms with Crippen LogP contribution in [0.3, 0.4) is 0 Å². The van der Waals surface area contributed by atoms with Crippen LogP contribution in [0.4, 0.5) is 0 Å². The first-order valence-corrected chi connectivity index (χ1v) is 6.60. The Morgan fingerprint density at radius 2 is 2.36 bits per heavy atom. The van der Waals surface area contributed by atoms with Gasteiger partial charge >= 0.3 is 0 Å². The first-order chi connectivity index (χ1) is 6.68. The van der Waals surface area contributed by atoms with Crippen LogP contribution in [0.5, 0.6) is 0 Å². The van der Waals surface area contributed by atoms with Gasteiger partial charge in [0.2, 0.25) is 0 Å². The third-order valence-corrected chi connectivity index (χ3v) is 3.60. The topological polar surface area (TPSA) is 9.23 Å². The molecule has 0 aromatic heterocycles. The Hall–Kier alpha value is 0.0500. The maximum absolute atomic E-state index is 5.60. The summed E-state index contributed by atoms with van der Waals surface area (Å²) >= 11 is 1.97. The lowest BCUT2D eigenvalue weighted by Crippen LogP contribution is -2.07. The van der Waals surface area contributed by atoms with Crippen molar-refractivity contribution in [3.8, 4) is 0 Å². The summed E-state index contributed by atoms with van der Waals surface area (Å²) in [7, 11) is 0. The highest BCUT2D eigenvalue weighted by atomic mass is 32.2. The van der Waals surface area contributed by atoms with E-state index in [0.717, 1.165) is 12.5 Å². The Balaban J connectivity index is 2.09. The van der Waals surface area contributed by atoms with Gasteiger partial charge in [-0.2, -0.15) is 0 Å². The molecule has 0 aromatic carbocycles. The number of hydrogen-bond acceptors (Lipinski definition) is 2. The second kappa shape index (κ2) is 6.52. The Labute approximate surface area is 92.3 Å². The molecular weight excluding hydrogens is 192 g/mol. The zero-order valence-electron chi connectivity index (χ0n) is 9.58. The zero-order valence-corrected chi connectivity index (χ0v) is 10.4. The van der Waals surface area contributed by atoms with Crippen LogP contribution in [0.2, 0.25) is 0 Å². The molecule has 0 aliphatic carbocycles. The monoisotopic (exact) mass is 214 g/mol. The first-order valence-electron chi connectivity index (χ1n) is 5.55. The average Bonchev–Trinajstić information content (AvgIpc) is 2.56. The van der Waals surface area contributed by atoms with Crippen LogP contribution in [0, 0.1) is 5.92 Å². The Morgan fingerprint density at radius 1 is 1.57 bits per heavy atom. The predicted octanol–water partition coefficient (Wildman–Crippen LogP) is 3.85. The minimum atomic E-state index is 0.483. The van der Waals surface area contributed by atoms with Gasteiger partial charge in [0, 0.05) is 5.75 Å². The predicted molar refractivity (Wildman–Crippen MR) is 64.6 cm³/mol. The van der Waals surface area contributed by atoms with Crippen LogP contribution >= 0.6 is 11.8 Å². The van der Waals surface area contributed by atoms with Crippen molar-refractivity contribution in [1.29, 1.82) is 0 Å². The summed E-state index contributed by atoms with van der Waals surface area (Å²) in [5.74, 6) is 1.98. The molecule has 0 radical (unpaired) electrons. The first kappa shape index (κ1) is 12.1. The van der Waals surface area contributed by atoms with Crippen molar-refractivity contribution in [2.45, 2.75) is 45.5 Å². The van der Waals surface area contributed by atoms with E-state index in [-0.39, 0.29) is 0 Å². The largest absolute Gasteiger partial charge is 0.367 e. The smallest absolute Gasteiger partial charge is 0.103 e. The molecule has 0 amide bonds. The third kappa shape index (κ3) is 5.06. The molecule has 1 heterocycles. The fourth-order valence-electron chi connectivity index (χ4n) is 1.65. The van der Waals surface area contributed by atoms with Gasteiger partial charge in [0.05, 0.1) is 6.61 Å². The van der Waals surface area contributed by atoms with E-state index in [0.29, 0.717) is 5.44 Å². The summed E-state index contributed by atoms with van der Waals surface area (Å²) in [5.41, 5.74) is 1.92. The van der Waals surface area contributed by atoms with Crippen LogP contribution < -0.4 is 0 Å². The van der Waals surface area contributed by atoms with Crippen LogP contribution in [0.15, 0.2) is 11.6 Å². The number of ether oxygens (including phenoxy) is 1. The quantitative estimate of drug-likeness (QED) is 0.643. The van der Waals surface area contributed by atoms with Crippen LogP contribution in [0.25, 0.3) is 0 Å². The van der Waals surface area contributed by atoms with Crippen LogP contribution in [0.1, 0.15) is 40.0 Å². The van der Waals surface area contributed by atoms with Gasteiger partial charge in [-0.25, -0.2) is 0 Å². The molecule has 2 atom stereocenters. The number of rotatable bonds is 5. The van der Waals surface area contributed by atoms with Gasteiger partial charge in [0.1, 0.15) is 5.44 Å². The van der Waals surface area contributed by atoms with Crippen molar-refractivity contribution < 1.29 is 4.74 Å². The molecular formula is C12H22OS. The minimum absolute atomic E-state index is 0.483. The molecule has 0 saturated carbocycles. The van der Waals surface area contributed by atoms with Gasteiger partial charge in [-0.15, -0.1) is 11.8 Å². The van der Waals surface area contributed by atoms with Crippen molar-refractivity contribution in [2.24, 2.45) is 5.92 Å². The highest BCUT2D eigenvalue weighted by Gasteiger charge is 2.18. The molecule has 1 unspecified atom stereocenters. The second-order valence-electron chi connectivity index (χ2n) is 4.37. The fourth-order valence-corrected chi connectivity index (χ4v) is 2.76. The molecule has 1 nitrogen and oxygen atoms in total. The highest BCUT2D eigenvalue weighted by molar-refractivity contribution is 7.99. The fraction of sp³-hybridized carbons (Fsp3) is 0.833. The third-order valence-electron chi connectivity index (χ3n) is 2.50. The van der Waals surface area contributed by atoms with Crippen molar-refractivity contribution >= 4 is 11.8 Å². The van der Waals surface area contributed by atoms with Gasteiger partial charge in [-0.3, -0.25) is 0 Å². The van der Waals surface area contributed by atoms with E-state index in [9.17, 15) is 0 Å². The van der Waals surface area contributed by atoms with Gasteiger partial charge in [0.25, 0.3) is 0 Å². The lowest BCUT2D eigenvalue weighted by Gasteiger charge is -2.14. The van der Waals surface area contributed by atoms with Gasteiger partial charge in [-0.05, 0) is 39.0 Å². The van der Waals surface area contributed by atoms with Gasteiger partial charge in [0.15, 0.2) is 0 Å². The van der Waals surface area contributed by atoms with E-state index in [1.807, 2.05) is 11.8 Å². The SMILES string of the molecule is CC(C)=CCC[C@H](C)CC1OCCS1. The van der Waals surface area contributed by atoms with E-state index >= 15 is 0 Å². The van der Waals surface area contributed by atoms with E-state index in [1.165, 1.54) is 30.6 Å². The Kier molecular flexibility index (Phi) is 5.64. The van der Waals surface area contributed by atoms with E-state index in [1.54, 1.807) is 0 Å². The van der Waals surface area contributed by atoms with Crippen molar-refractivity contribution in [3.63, 3.8) is 0 Å². The molecule has 0 aromatic rings. The molecule has 0 N–H and O–H groups in total. The summed E-state index contributed by atoms with van der Waals surface area (Å²) < 4.78 is 5.60. The zero-order chi connectivity index (χ0) is 10.4. The second-order valence-corrected chi connectivity index (χ2v) is 5.64. The Morgan fingerprint density at radius 3 is 2.93 bits per heavy atom. The molecule has 0 bridgehead atoms. The molecule has 1 aliphatic heterocycles. The molecule has 2 heteroatoms. The summed E-state index contributed by atoms with van der Waals surface area (Å²) in [6, 6.07) is 0. The maximum Gasteiger partial charge on any atom is 0.103 e. The number of thioether (sulfide) groups is 1. The maximum atomic E-state index is 5.60. The summed E-state index contributed by atoms with van der Waals surface area (Å²) in [6.45, 7) is 7.62. The number of allylic oxidation sites excluding steroid dienone is 2. The molecule has 1 aliphatic rings. The van der Waals surface area contributed by atoms with Crippen molar-refractivity contribution in [3.05, 3.63) is 11.6 Å². The van der Waals surface area contributed by atoms with Crippen LogP contribution in [-0.2, 0) is 4.74 Å². The Bertz CT molecular complexity index is 179. The van der Waals surface area contributed by atoms with Crippen LogP contribution in [-0.4, -0.2) is 17.8 Å². The molecule has 82 valence electrons. The summed E-state index contributed by atoms with van der Waals surface area (Å²) in [6.07, 6.45) is 6.08. The molecule has 1 saturated heterocycles. The molecule has 14 heavy (non-hydrogen) atoms. The standard InChI is InChI=1S/C12H22OS/c1-10(2)5-4-6-11(3)9-12-13-7-8-14-12/h5,11-12H,4,6-9H2,1-3H3/t11-,12?/m0/s1. The normalized spacial score (nSPS) is 23.5. The molecule has 1 fully saturated rings. The molecule has 0 spiro atoms. The summed E-state index contributed by atoms with van der Waals surface area (Å²) in [5, 5.41) is 0. The number of hydrogen-bond donors (Lipinski definition) is 0. The van der Waals surface area contributed by atoms with E-state index in [2.05, 4.69) is 26.8 Å². The van der Waals surface area contributed by atoms with Gasteiger partial charge < -0.3 is 4.74 Å². The minimum Gasteiger partial charge on any atom is -0.367 e. The van der Waals surface area contributed by atoms with E-state index < -0.39 is 0 Å². The molecule has 1 rings (SSSR count).